The summed E-state index contributed by atoms with van der Waals surface area (Å²) >= 11 is 0. The molecule has 0 aliphatic heterocycles. The van der Waals surface area contributed by atoms with Crippen molar-refractivity contribution in [3.8, 4) is 0 Å². The van der Waals surface area contributed by atoms with E-state index in [1.807, 2.05) is 31.2 Å². The SMILES string of the molecule is CCCCCCc1ccc(NC(=O)c2ccccc2NS(=O)(=O)c2ccc(C)cc2)cc1. The zero-order valence-corrected chi connectivity index (χ0v) is 19.4. The van der Waals surface area contributed by atoms with Crippen molar-refractivity contribution >= 4 is 27.3 Å². The number of nitrogens with one attached hydrogen (secondary N) is 2. The highest BCUT2D eigenvalue weighted by Gasteiger charge is 2.18. The lowest BCUT2D eigenvalue weighted by molar-refractivity contribution is 0.102. The summed E-state index contributed by atoms with van der Waals surface area (Å²) in [5.41, 5.74) is 3.37. The van der Waals surface area contributed by atoms with E-state index in [0.717, 1.165) is 18.4 Å². The van der Waals surface area contributed by atoms with Crippen molar-refractivity contribution in [3.05, 3.63) is 89.5 Å². The van der Waals surface area contributed by atoms with Gasteiger partial charge in [-0.15, -0.1) is 0 Å². The summed E-state index contributed by atoms with van der Waals surface area (Å²) in [6, 6.07) is 21.0. The van der Waals surface area contributed by atoms with E-state index in [1.165, 1.54) is 24.8 Å². The third-order valence-electron chi connectivity index (χ3n) is 5.28. The normalized spacial score (nSPS) is 11.2. The highest BCUT2D eigenvalue weighted by Crippen LogP contribution is 2.22. The molecule has 0 saturated heterocycles. The molecule has 32 heavy (non-hydrogen) atoms. The maximum atomic E-state index is 12.9. The standard InChI is InChI=1S/C26H30N2O3S/c1-3-4-5-6-9-21-14-16-22(17-15-21)27-26(29)24-10-7-8-11-25(24)28-32(30,31)23-18-12-20(2)13-19-23/h7-8,10-19,28H,3-6,9H2,1-2H3,(H,27,29). The summed E-state index contributed by atoms with van der Waals surface area (Å²) in [4.78, 5) is 13.0. The van der Waals surface area contributed by atoms with E-state index < -0.39 is 10.0 Å². The number of benzene rings is 3. The third kappa shape index (κ3) is 6.44. The molecule has 0 aliphatic carbocycles. The van der Waals surface area contributed by atoms with Crippen LogP contribution in [0.15, 0.2) is 77.7 Å². The van der Waals surface area contributed by atoms with E-state index in [2.05, 4.69) is 17.0 Å². The second-order valence-electron chi connectivity index (χ2n) is 7.93. The summed E-state index contributed by atoms with van der Waals surface area (Å²) in [5.74, 6) is -0.372. The van der Waals surface area contributed by atoms with Crippen molar-refractivity contribution in [2.45, 2.75) is 50.8 Å². The molecule has 0 unspecified atom stereocenters. The molecule has 1 amide bonds. The van der Waals surface area contributed by atoms with Gasteiger partial charge in [-0.3, -0.25) is 9.52 Å². The molecule has 6 heteroatoms. The van der Waals surface area contributed by atoms with Gasteiger partial charge in [-0.25, -0.2) is 8.42 Å². The average Bonchev–Trinajstić information content (AvgIpc) is 2.78. The number of amides is 1. The number of unbranched alkanes of at least 4 members (excludes halogenated alkanes) is 3. The molecule has 0 atom stereocenters. The van der Waals surface area contributed by atoms with E-state index in [9.17, 15) is 13.2 Å². The summed E-state index contributed by atoms with van der Waals surface area (Å²) < 4.78 is 28.1. The van der Waals surface area contributed by atoms with Crippen LogP contribution in [0.4, 0.5) is 11.4 Å². The lowest BCUT2D eigenvalue weighted by Crippen LogP contribution is -2.18. The minimum atomic E-state index is -3.81. The number of rotatable bonds is 10. The Morgan fingerprint density at radius 2 is 1.53 bits per heavy atom. The van der Waals surface area contributed by atoms with Crippen LogP contribution in [0.25, 0.3) is 0 Å². The number of carbonyl (C=O) groups is 1. The molecular formula is C26H30N2O3S. The molecule has 0 heterocycles. The van der Waals surface area contributed by atoms with E-state index in [-0.39, 0.29) is 22.1 Å². The van der Waals surface area contributed by atoms with Crippen LogP contribution in [0.3, 0.4) is 0 Å². The van der Waals surface area contributed by atoms with Crippen LogP contribution in [0, 0.1) is 6.92 Å². The minimum Gasteiger partial charge on any atom is -0.322 e. The summed E-state index contributed by atoms with van der Waals surface area (Å²) in [6.07, 6.45) is 5.88. The fourth-order valence-corrected chi connectivity index (χ4v) is 4.48. The van der Waals surface area contributed by atoms with Crippen molar-refractivity contribution in [1.29, 1.82) is 0 Å². The molecule has 3 rings (SSSR count). The molecule has 3 aromatic rings. The summed E-state index contributed by atoms with van der Waals surface area (Å²) in [5, 5.41) is 2.86. The molecule has 0 bridgehead atoms. The van der Waals surface area contributed by atoms with Gasteiger partial charge in [0.25, 0.3) is 15.9 Å². The second kappa shape index (κ2) is 11.0. The molecule has 0 aromatic heterocycles. The Balaban J connectivity index is 1.70. The monoisotopic (exact) mass is 450 g/mol. The van der Waals surface area contributed by atoms with E-state index in [4.69, 9.17) is 0 Å². The van der Waals surface area contributed by atoms with Gasteiger partial charge in [0, 0.05) is 5.69 Å². The first-order valence-corrected chi connectivity index (χ1v) is 12.5. The fraction of sp³-hybridized carbons (Fsp3) is 0.269. The second-order valence-corrected chi connectivity index (χ2v) is 9.61. The van der Waals surface area contributed by atoms with Crippen LogP contribution in [0.2, 0.25) is 0 Å². The van der Waals surface area contributed by atoms with E-state index in [1.54, 1.807) is 48.5 Å². The molecule has 168 valence electrons. The molecule has 0 saturated carbocycles. The van der Waals surface area contributed by atoms with Crippen molar-refractivity contribution in [3.63, 3.8) is 0 Å². The first-order chi connectivity index (χ1) is 15.4. The smallest absolute Gasteiger partial charge is 0.261 e. The van der Waals surface area contributed by atoms with Gasteiger partial charge >= 0.3 is 0 Å². The number of hydrogen-bond donors (Lipinski definition) is 2. The molecule has 2 N–H and O–H groups in total. The highest BCUT2D eigenvalue weighted by atomic mass is 32.2. The van der Waals surface area contributed by atoms with Crippen molar-refractivity contribution in [2.24, 2.45) is 0 Å². The first kappa shape index (κ1) is 23.5. The quantitative estimate of drug-likeness (QED) is 0.363. The largest absolute Gasteiger partial charge is 0.322 e. The molecule has 0 aliphatic rings. The number of aryl methyl sites for hydroxylation is 2. The van der Waals surface area contributed by atoms with Gasteiger partial charge in [-0.05, 0) is 61.7 Å². The molecule has 5 nitrogen and oxygen atoms in total. The minimum absolute atomic E-state index is 0.146. The van der Waals surface area contributed by atoms with Gasteiger partial charge in [0.2, 0.25) is 0 Å². The molecular weight excluding hydrogens is 420 g/mol. The van der Waals surface area contributed by atoms with Gasteiger partial charge in [0.1, 0.15) is 0 Å². The van der Waals surface area contributed by atoms with Gasteiger partial charge in [0.05, 0.1) is 16.1 Å². The predicted molar refractivity (Wildman–Crippen MR) is 131 cm³/mol. The Labute approximate surface area is 190 Å². The first-order valence-electron chi connectivity index (χ1n) is 11.0. The number of sulfonamides is 1. The van der Waals surface area contributed by atoms with Crippen LogP contribution in [-0.4, -0.2) is 14.3 Å². The summed E-state index contributed by atoms with van der Waals surface area (Å²) in [6.45, 7) is 4.09. The topological polar surface area (TPSA) is 75.3 Å². The van der Waals surface area contributed by atoms with Gasteiger partial charge < -0.3 is 5.32 Å². The van der Waals surface area contributed by atoms with Crippen molar-refractivity contribution in [1.82, 2.24) is 0 Å². The zero-order valence-electron chi connectivity index (χ0n) is 18.6. The molecule has 3 aromatic carbocycles. The fourth-order valence-electron chi connectivity index (χ4n) is 3.40. The number of para-hydroxylation sites is 1. The van der Waals surface area contributed by atoms with Crippen molar-refractivity contribution < 1.29 is 13.2 Å². The maximum Gasteiger partial charge on any atom is 0.261 e. The number of anilines is 2. The molecule has 0 fully saturated rings. The van der Waals surface area contributed by atoms with Crippen LogP contribution >= 0.6 is 0 Å². The Morgan fingerprint density at radius 1 is 0.844 bits per heavy atom. The predicted octanol–water partition coefficient (Wildman–Crippen LogP) is 6.17. The lowest BCUT2D eigenvalue weighted by atomic mass is 10.1. The Kier molecular flexibility index (Phi) is 8.06. The Hall–Kier alpha value is -3.12. The van der Waals surface area contributed by atoms with Gasteiger partial charge in [-0.2, -0.15) is 0 Å². The highest BCUT2D eigenvalue weighted by molar-refractivity contribution is 7.92. The van der Waals surface area contributed by atoms with Gasteiger partial charge in [0.15, 0.2) is 0 Å². The lowest BCUT2D eigenvalue weighted by Gasteiger charge is -2.13. The third-order valence-corrected chi connectivity index (χ3v) is 6.66. The van der Waals surface area contributed by atoms with Crippen molar-refractivity contribution in [2.75, 3.05) is 10.0 Å². The Morgan fingerprint density at radius 3 is 2.22 bits per heavy atom. The average molecular weight is 451 g/mol. The van der Waals surface area contributed by atoms with Crippen LogP contribution in [-0.2, 0) is 16.4 Å². The summed E-state index contributed by atoms with van der Waals surface area (Å²) in [7, 11) is -3.81. The van der Waals surface area contributed by atoms with E-state index in [0.29, 0.717) is 5.69 Å². The number of hydrogen-bond acceptors (Lipinski definition) is 3. The van der Waals surface area contributed by atoms with E-state index >= 15 is 0 Å². The zero-order chi connectivity index (χ0) is 23.0. The molecule has 0 radical (unpaired) electrons. The van der Waals surface area contributed by atoms with Crippen LogP contribution < -0.4 is 10.0 Å². The molecule has 0 spiro atoms. The Bertz CT molecular complexity index is 1140. The maximum absolute atomic E-state index is 12.9. The van der Waals surface area contributed by atoms with Gasteiger partial charge in [-0.1, -0.05) is 68.1 Å². The van der Waals surface area contributed by atoms with Crippen LogP contribution in [0.1, 0.15) is 54.1 Å². The van der Waals surface area contributed by atoms with Crippen LogP contribution in [0.5, 0.6) is 0 Å². The number of carbonyl (C=O) groups excluding carboxylic acids is 1.